The lowest BCUT2D eigenvalue weighted by Gasteiger charge is -2.41. The Kier molecular flexibility index (Phi) is 4.11. The monoisotopic (exact) mass is 324 g/mol. The maximum absolute atomic E-state index is 12.6. The number of carbonyl (C=O) groups is 2. The Morgan fingerprint density at radius 2 is 1.57 bits per heavy atom. The van der Waals surface area contributed by atoms with Crippen molar-refractivity contribution in [2.75, 3.05) is 0 Å². The summed E-state index contributed by atoms with van der Waals surface area (Å²) in [7, 11) is 0. The molecule has 0 bridgehead atoms. The second-order valence-electron chi connectivity index (χ2n) is 6.45. The fourth-order valence-electron chi connectivity index (χ4n) is 3.92. The highest BCUT2D eigenvalue weighted by atomic mass is 35.5. The molecule has 2 aliphatic carbocycles. The van der Waals surface area contributed by atoms with E-state index >= 15 is 0 Å². The summed E-state index contributed by atoms with van der Waals surface area (Å²) in [4.78, 5) is 25.2. The average Bonchev–Trinajstić information content (AvgIpc) is 2.41. The van der Waals surface area contributed by atoms with Crippen LogP contribution in [0.3, 0.4) is 0 Å². The molecule has 0 amide bonds. The average molecular weight is 325 g/mol. The summed E-state index contributed by atoms with van der Waals surface area (Å²) in [6.07, 6.45) is 6.53. The molecule has 0 atom stereocenters. The van der Waals surface area contributed by atoms with Gasteiger partial charge in [-0.3, -0.25) is 9.59 Å². The zero-order valence-corrected chi connectivity index (χ0v) is 13.3. The highest BCUT2D eigenvalue weighted by Crippen LogP contribution is 2.48. The van der Waals surface area contributed by atoms with Crippen LogP contribution in [0.15, 0.2) is 18.2 Å². The van der Waals surface area contributed by atoms with Crippen LogP contribution < -0.4 is 0 Å². The lowest BCUT2D eigenvalue weighted by Crippen LogP contribution is -2.40. The summed E-state index contributed by atoms with van der Waals surface area (Å²) in [5.74, 6) is -0.642. The molecule has 0 heterocycles. The van der Waals surface area contributed by atoms with Crippen LogP contribution in [0.5, 0.6) is 0 Å². The van der Waals surface area contributed by atoms with E-state index in [9.17, 15) is 9.59 Å². The van der Waals surface area contributed by atoms with Crippen LogP contribution >= 0.6 is 23.2 Å². The Morgan fingerprint density at radius 1 is 0.952 bits per heavy atom. The van der Waals surface area contributed by atoms with Crippen molar-refractivity contribution in [2.45, 2.75) is 50.9 Å². The van der Waals surface area contributed by atoms with E-state index in [1.807, 2.05) is 0 Å². The molecule has 21 heavy (non-hydrogen) atoms. The number of rotatable bonds is 1. The molecule has 112 valence electrons. The molecule has 3 rings (SSSR count). The van der Waals surface area contributed by atoms with Crippen molar-refractivity contribution in [1.82, 2.24) is 0 Å². The van der Waals surface area contributed by atoms with E-state index < -0.39 is 5.92 Å². The Labute approximate surface area is 134 Å². The third-order valence-electron chi connectivity index (χ3n) is 4.93. The first kappa shape index (κ1) is 15.1. The molecular formula is C17H18Cl2O2. The zero-order chi connectivity index (χ0) is 15.0. The van der Waals surface area contributed by atoms with E-state index in [1.165, 1.54) is 6.42 Å². The maximum Gasteiger partial charge on any atom is 0.148 e. The minimum absolute atomic E-state index is 0.0253. The van der Waals surface area contributed by atoms with Gasteiger partial charge in [-0.05, 0) is 36.0 Å². The SMILES string of the molecule is O=C1CC2(CCCCC2)CC(=O)C1c1ccc(Cl)cc1Cl. The van der Waals surface area contributed by atoms with Crippen molar-refractivity contribution < 1.29 is 9.59 Å². The molecule has 2 fully saturated rings. The Hall–Kier alpha value is -0.860. The van der Waals surface area contributed by atoms with Gasteiger partial charge in [-0.15, -0.1) is 0 Å². The lowest BCUT2D eigenvalue weighted by atomic mass is 9.61. The van der Waals surface area contributed by atoms with Gasteiger partial charge in [0, 0.05) is 22.9 Å². The first-order valence-corrected chi connectivity index (χ1v) is 8.27. The van der Waals surface area contributed by atoms with Crippen LogP contribution in [0.4, 0.5) is 0 Å². The van der Waals surface area contributed by atoms with Crippen LogP contribution in [0.1, 0.15) is 56.4 Å². The van der Waals surface area contributed by atoms with E-state index in [2.05, 4.69) is 0 Å². The third-order valence-corrected chi connectivity index (χ3v) is 5.49. The second kappa shape index (κ2) is 5.73. The Balaban J connectivity index is 1.88. The molecule has 0 unspecified atom stereocenters. The van der Waals surface area contributed by atoms with E-state index in [1.54, 1.807) is 18.2 Å². The molecule has 0 saturated heterocycles. The number of Topliss-reactive ketones (excluding diaryl/α,β-unsaturated/α-hetero) is 2. The van der Waals surface area contributed by atoms with Crippen LogP contribution in [0.2, 0.25) is 10.0 Å². The molecule has 0 radical (unpaired) electrons. The number of halogens is 2. The van der Waals surface area contributed by atoms with Gasteiger partial charge in [0.1, 0.15) is 17.5 Å². The summed E-state index contributed by atoms with van der Waals surface area (Å²) in [6.45, 7) is 0. The first-order valence-electron chi connectivity index (χ1n) is 7.51. The molecule has 1 aromatic rings. The molecule has 1 aromatic carbocycles. The highest BCUT2D eigenvalue weighted by molar-refractivity contribution is 6.35. The fourth-order valence-corrected chi connectivity index (χ4v) is 4.44. The summed E-state index contributed by atoms with van der Waals surface area (Å²) in [6, 6.07) is 5.00. The molecule has 4 heteroatoms. The molecular weight excluding hydrogens is 307 g/mol. The second-order valence-corrected chi connectivity index (χ2v) is 7.29. The minimum atomic E-state index is -0.692. The van der Waals surface area contributed by atoms with E-state index in [0.717, 1.165) is 25.7 Å². The number of carbonyl (C=O) groups excluding carboxylic acids is 2. The van der Waals surface area contributed by atoms with E-state index in [0.29, 0.717) is 28.5 Å². The van der Waals surface area contributed by atoms with Gasteiger partial charge in [-0.25, -0.2) is 0 Å². The first-order chi connectivity index (χ1) is 10.0. The lowest BCUT2D eigenvalue weighted by molar-refractivity contribution is -0.137. The summed E-state index contributed by atoms with van der Waals surface area (Å²) >= 11 is 12.1. The van der Waals surface area contributed by atoms with Gasteiger partial charge < -0.3 is 0 Å². The largest absolute Gasteiger partial charge is 0.298 e. The van der Waals surface area contributed by atoms with Crippen molar-refractivity contribution in [1.29, 1.82) is 0 Å². The topological polar surface area (TPSA) is 34.1 Å². The van der Waals surface area contributed by atoms with Gasteiger partial charge in [0.25, 0.3) is 0 Å². The van der Waals surface area contributed by atoms with Crippen molar-refractivity contribution in [3.8, 4) is 0 Å². The van der Waals surface area contributed by atoms with Crippen LogP contribution in [0, 0.1) is 5.41 Å². The van der Waals surface area contributed by atoms with Gasteiger partial charge in [0.2, 0.25) is 0 Å². The Bertz CT molecular complexity index is 568. The standard InChI is InChI=1S/C17H18Cl2O2/c18-11-4-5-12(13(19)8-11)16-14(20)9-17(10-15(16)21)6-2-1-3-7-17/h4-5,8,16H,1-3,6-7,9-10H2. The van der Waals surface area contributed by atoms with Crippen molar-refractivity contribution in [3.63, 3.8) is 0 Å². The van der Waals surface area contributed by atoms with Gasteiger partial charge in [-0.1, -0.05) is 48.5 Å². The predicted molar refractivity (Wildman–Crippen MR) is 84.0 cm³/mol. The van der Waals surface area contributed by atoms with Crippen LogP contribution in [0.25, 0.3) is 0 Å². The van der Waals surface area contributed by atoms with E-state index in [-0.39, 0.29) is 17.0 Å². The van der Waals surface area contributed by atoms with Crippen molar-refractivity contribution >= 4 is 34.8 Å². The number of benzene rings is 1. The molecule has 0 aliphatic heterocycles. The third kappa shape index (κ3) is 2.89. The molecule has 1 spiro atoms. The molecule has 0 aromatic heterocycles. The van der Waals surface area contributed by atoms with Gasteiger partial charge in [0.05, 0.1) is 0 Å². The van der Waals surface area contributed by atoms with Crippen molar-refractivity contribution in [2.24, 2.45) is 5.41 Å². The Morgan fingerprint density at radius 3 is 2.14 bits per heavy atom. The highest BCUT2D eigenvalue weighted by Gasteiger charge is 2.46. The van der Waals surface area contributed by atoms with Gasteiger partial charge >= 0.3 is 0 Å². The quantitative estimate of drug-likeness (QED) is 0.684. The van der Waals surface area contributed by atoms with Gasteiger partial charge in [-0.2, -0.15) is 0 Å². The van der Waals surface area contributed by atoms with Gasteiger partial charge in [0.15, 0.2) is 0 Å². The maximum atomic E-state index is 12.6. The van der Waals surface area contributed by atoms with Crippen LogP contribution in [-0.4, -0.2) is 11.6 Å². The normalized spacial score (nSPS) is 22.8. The fraction of sp³-hybridized carbons (Fsp3) is 0.529. The van der Waals surface area contributed by atoms with Crippen LogP contribution in [-0.2, 0) is 9.59 Å². The van der Waals surface area contributed by atoms with Crippen molar-refractivity contribution in [3.05, 3.63) is 33.8 Å². The zero-order valence-electron chi connectivity index (χ0n) is 11.8. The predicted octanol–water partition coefficient (Wildman–Crippen LogP) is 4.96. The number of hydrogen-bond acceptors (Lipinski definition) is 2. The number of ketones is 2. The summed E-state index contributed by atoms with van der Waals surface area (Å²) in [5.41, 5.74) is 0.545. The number of hydrogen-bond donors (Lipinski definition) is 0. The minimum Gasteiger partial charge on any atom is -0.298 e. The molecule has 2 saturated carbocycles. The van der Waals surface area contributed by atoms with E-state index in [4.69, 9.17) is 23.2 Å². The summed E-state index contributed by atoms with van der Waals surface area (Å²) < 4.78 is 0. The smallest absolute Gasteiger partial charge is 0.148 e. The molecule has 0 N–H and O–H groups in total. The molecule has 2 nitrogen and oxygen atoms in total. The summed E-state index contributed by atoms with van der Waals surface area (Å²) in [5, 5.41) is 0.928. The molecule has 2 aliphatic rings.